The molecule has 2 rings (SSSR count). The fraction of sp³-hybridized carbons (Fsp3) is 0.714. The summed E-state index contributed by atoms with van der Waals surface area (Å²) < 4.78 is 5.32. The Kier molecular flexibility index (Phi) is 6.01. The minimum absolute atomic E-state index is 0.0841. The van der Waals surface area contributed by atoms with Crippen LogP contribution in [0, 0.1) is 0 Å². The predicted octanol–water partition coefficient (Wildman–Crippen LogP) is 0.857. The molecule has 0 atom stereocenters. The average molecular weight is 280 g/mol. The van der Waals surface area contributed by atoms with Gasteiger partial charge in [-0.15, -0.1) is 0 Å². The lowest BCUT2D eigenvalue weighted by atomic mass is 10.2. The number of hydrogen-bond acceptors (Lipinski definition) is 5. The zero-order valence-electron chi connectivity index (χ0n) is 12.2. The lowest BCUT2D eigenvalue weighted by Gasteiger charge is -2.26. The standard InChI is InChI=1S/C14H24N4O2/c1-2-4-12-11-13(19)17-14(16-12)15-5-3-6-18-7-9-20-10-8-18/h11H,2-10H2,1H3,(H2,15,16,17,19). The number of H-pyrrole nitrogens is 1. The molecular weight excluding hydrogens is 256 g/mol. The van der Waals surface area contributed by atoms with Crippen molar-refractivity contribution in [2.24, 2.45) is 0 Å². The highest BCUT2D eigenvalue weighted by molar-refractivity contribution is 5.24. The smallest absolute Gasteiger partial charge is 0.252 e. The monoisotopic (exact) mass is 280 g/mol. The van der Waals surface area contributed by atoms with Crippen LogP contribution in [0.1, 0.15) is 25.5 Å². The summed E-state index contributed by atoms with van der Waals surface area (Å²) in [7, 11) is 0. The molecule has 0 aliphatic carbocycles. The molecule has 20 heavy (non-hydrogen) atoms. The van der Waals surface area contributed by atoms with E-state index < -0.39 is 0 Å². The number of ether oxygens (including phenoxy) is 1. The highest BCUT2D eigenvalue weighted by Gasteiger charge is 2.09. The lowest BCUT2D eigenvalue weighted by molar-refractivity contribution is 0.0378. The Labute approximate surface area is 119 Å². The van der Waals surface area contributed by atoms with Crippen LogP contribution in [0.3, 0.4) is 0 Å². The first-order chi connectivity index (χ1) is 9.78. The second kappa shape index (κ2) is 8.01. The number of rotatable bonds is 7. The lowest BCUT2D eigenvalue weighted by Crippen LogP contribution is -2.37. The molecule has 6 nitrogen and oxygen atoms in total. The van der Waals surface area contributed by atoms with Crippen molar-refractivity contribution in [2.75, 3.05) is 44.7 Å². The third-order valence-electron chi connectivity index (χ3n) is 3.35. The van der Waals surface area contributed by atoms with Crippen molar-refractivity contribution in [2.45, 2.75) is 26.2 Å². The number of aromatic amines is 1. The molecule has 1 aromatic heterocycles. The van der Waals surface area contributed by atoms with Gasteiger partial charge in [-0.25, -0.2) is 4.98 Å². The average Bonchev–Trinajstić information content (AvgIpc) is 2.45. The van der Waals surface area contributed by atoms with Crippen LogP contribution in [0.4, 0.5) is 5.95 Å². The Morgan fingerprint density at radius 2 is 2.25 bits per heavy atom. The van der Waals surface area contributed by atoms with Crippen LogP contribution in [0.25, 0.3) is 0 Å². The highest BCUT2D eigenvalue weighted by Crippen LogP contribution is 2.02. The van der Waals surface area contributed by atoms with Crippen LogP contribution in [0.5, 0.6) is 0 Å². The number of hydrogen-bond donors (Lipinski definition) is 2. The third kappa shape index (κ3) is 4.94. The quantitative estimate of drug-likeness (QED) is 0.725. The molecule has 2 heterocycles. The van der Waals surface area contributed by atoms with Gasteiger partial charge in [0, 0.05) is 31.4 Å². The van der Waals surface area contributed by atoms with Crippen LogP contribution >= 0.6 is 0 Å². The fourth-order valence-electron chi connectivity index (χ4n) is 2.31. The van der Waals surface area contributed by atoms with Gasteiger partial charge in [0.05, 0.1) is 13.2 Å². The summed E-state index contributed by atoms with van der Waals surface area (Å²) in [4.78, 5) is 21.0. The van der Waals surface area contributed by atoms with Gasteiger partial charge < -0.3 is 10.1 Å². The van der Waals surface area contributed by atoms with Crippen molar-refractivity contribution in [3.05, 3.63) is 22.1 Å². The summed E-state index contributed by atoms with van der Waals surface area (Å²) in [6.07, 6.45) is 2.86. The molecule has 0 amide bonds. The molecule has 0 radical (unpaired) electrons. The molecule has 1 aromatic rings. The van der Waals surface area contributed by atoms with Crippen molar-refractivity contribution in [3.8, 4) is 0 Å². The number of aromatic nitrogens is 2. The van der Waals surface area contributed by atoms with E-state index in [4.69, 9.17) is 4.74 Å². The van der Waals surface area contributed by atoms with Gasteiger partial charge in [-0.05, 0) is 19.4 Å². The molecule has 0 spiro atoms. The number of aryl methyl sites for hydroxylation is 1. The maximum absolute atomic E-state index is 11.5. The van der Waals surface area contributed by atoms with Crippen LogP contribution in [0.2, 0.25) is 0 Å². The maximum Gasteiger partial charge on any atom is 0.252 e. The largest absolute Gasteiger partial charge is 0.379 e. The maximum atomic E-state index is 11.5. The third-order valence-corrected chi connectivity index (χ3v) is 3.35. The molecule has 1 saturated heterocycles. The van der Waals surface area contributed by atoms with Crippen LogP contribution in [-0.2, 0) is 11.2 Å². The van der Waals surface area contributed by atoms with Gasteiger partial charge in [-0.1, -0.05) is 13.3 Å². The minimum atomic E-state index is -0.0841. The van der Waals surface area contributed by atoms with Gasteiger partial charge in [0.1, 0.15) is 0 Å². The Morgan fingerprint density at radius 1 is 1.45 bits per heavy atom. The molecule has 1 aliphatic rings. The molecular formula is C14H24N4O2. The summed E-state index contributed by atoms with van der Waals surface area (Å²) in [6, 6.07) is 1.57. The van der Waals surface area contributed by atoms with Gasteiger partial charge in [-0.3, -0.25) is 14.7 Å². The summed E-state index contributed by atoms with van der Waals surface area (Å²) in [5.74, 6) is 0.586. The predicted molar refractivity (Wildman–Crippen MR) is 79.2 cm³/mol. The summed E-state index contributed by atoms with van der Waals surface area (Å²) in [6.45, 7) is 7.65. The Bertz CT molecular complexity index is 455. The first kappa shape index (κ1) is 15.0. The second-order valence-electron chi connectivity index (χ2n) is 5.07. The number of nitrogens with one attached hydrogen (secondary N) is 2. The molecule has 0 saturated carbocycles. The van der Waals surface area contributed by atoms with Crippen molar-refractivity contribution in [3.63, 3.8) is 0 Å². The van der Waals surface area contributed by atoms with Gasteiger partial charge in [0.2, 0.25) is 5.95 Å². The zero-order valence-corrected chi connectivity index (χ0v) is 12.2. The zero-order chi connectivity index (χ0) is 14.2. The van der Waals surface area contributed by atoms with Crippen molar-refractivity contribution >= 4 is 5.95 Å². The molecule has 2 N–H and O–H groups in total. The van der Waals surface area contributed by atoms with Crippen LogP contribution in [-0.4, -0.2) is 54.3 Å². The first-order valence-corrected chi connectivity index (χ1v) is 7.42. The Balaban J connectivity index is 1.74. The van der Waals surface area contributed by atoms with Gasteiger partial charge in [-0.2, -0.15) is 0 Å². The van der Waals surface area contributed by atoms with E-state index >= 15 is 0 Å². The van der Waals surface area contributed by atoms with Gasteiger partial charge in [0.15, 0.2) is 0 Å². The van der Waals surface area contributed by atoms with Crippen molar-refractivity contribution in [1.82, 2.24) is 14.9 Å². The first-order valence-electron chi connectivity index (χ1n) is 7.42. The van der Waals surface area contributed by atoms with Crippen LogP contribution < -0.4 is 10.9 Å². The normalized spacial score (nSPS) is 16.2. The molecule has 1 aliphatic heterocycles. The summed E-state index contributed by atoms with van der Waals surface area (Å²) in [5.41, 5.74) is 0.769. The van der Waals surface area contributed by atoms with Crippen LogP contribution in [0.15, 0.2) is 10.9 Å². The van der Waals surface area contributed by atoms with Crippen molar-refractivity contribution in [1.29, 1.82) is 0 Å². The van der Waals surface area contributed by atoms with Gasteiger partial charge in [0.25, 0.3) is 5.56 Å². The summed E-state index contributed by atoms with van der Waals surface area (Å²) in [5, 5.41) is 3.20. The molecule has 0 unspecified atom stereocenters. The Hall–Kier alpha value is -1.40. The topological polar surface area (TPSA) is 70.2 Å². The van der Waals surface area contributed by atoms with E-state index in [1.165, 1.54) is 0 Å². The van der Waals surface area contributed by atoms with Gasteiger partial charge >= 0.3 is 0 Å². The highest BCUT2D eigenvalue weighted by atomic mass is 16.5. The van der Waals surface area contributed by atoms with E-state index in [0.717, 1.165) is 64.3 Å². The number of anilines is 1. The van der Waals surface area contributed by atoms with E-state index in [1.54, 1.807) is 6.07 Å². The van der Waals surface area contributed by atoms with Crippen molar-refractivity contribution < 1.29 is 4.74 Å². The molecule has 0 bridgehead atoms. The minimum Gasteiger partial charge on any atom is -0.379 e. The number of nitrogens with zero attached hydrogens (tertiary/aromatic N) is 2. The molecule has 6 heteroatoms. The van der Waals surface area contributed by atoms with E-state index in [2.05, 4.69) is 27.1 Å². The molecule has 1 fully saturated rings. The Morgan fingerprint density at radius 3 is 3.00 bits per heavy atom. The second-order valence-corrected chi connectivity index (χ2v) is 5.07. The SMILES string of the molecule is CCCc1cc(=O)[nH]c(NCCCN2CCOCC2)n1. The molecule has 0 aromatic carbocycles. The van der Waals surface area contributed by atoms with E-state index in [-0.39, 0.29) is 5.56 Å². The van der Waals surface area contributed by atoms with E-state index in [0.29, 0.717) is 5.95 Å². The summed E-state index contributed by atoms with van der Waals surface area (Å²) >= 11 is 0. The van der Waals surface area contributed by atoms with E-state index in [1.807, 2.05) is 0 Å². The fourth-order valence-corrected chi connectivity index (χ4v) is 2.31. The molecule has 112 valence electrons. The van der Waals surface area contributed by atoms with E-state index in [9.17, 15) is 4.79 Å². The number of morpholine rings is 1.